The van der Waals surface area contributed by atoms with E-state index in [4.69, 9.17) is 5.73 Å². The Labute approximate surface area is 155 Å². The number of urea groups is 1. The summed E-state index contributed by atoms with van der Waals surface area (Å²) < 4.78 is 39.7. The number of halogens is 3. The van der Waals surface area contributed by atoms with Crippen LogP contribution in [0.1, 0.15) is 32.6 Å². The molecule has 0 fully saturated rings. The summed E-state index contributed by atoms with van der Waals surface area (Å²) in [5, 5.41) is 4.54. The van der Waals surface area contributed by atoms with Gasteiger partial charge in [0.05, 0.1) is 12.2 Å². The van der Waals surface area contributed by atoms with Crippen LogP contribution >= 0.6 is 0 Å². The molecule has 1 rings (SSSR count). The van der Waals surface area contributed by atoms with E-state index in [1.807, 2.05) is 6.92 Å². The second kappa shape index (κ2) is 11.0. The number of carbonyl (C=O) groups is 3. The molecule has 27 heavy (non-hydrogen) atoms. The van der Waals surface area contributed by atoms with Gasteiger partial charge in [0.1, 0.15) is 0 Å². The minimum absolute atomic E-state index is 0.160. The molecular weight excluding hydrogens is 365 g/mol. The van der Waals surface area contributed by atoms with Crippen LogP contribution in [0.4, 0.5) is 23.7 Å². The van der Waals surface area contributed by atoms with Crippen molar-refractivity contribution in [2.75, 3.05) is 25.0 Å². The number of rotatable bonds is 10. The Hall–Kier alpha value is -2.78. The van der Waals surface area contributed by atoms with Gasteiger partial charge in [-0.3, -0.25) is 9.59 Å². The molecule has 0 atom stereocenters. The highest BCUT2D eigenvalue weighted by Crippen LogP contribution is 2.19. The summed E-state index contributed by atoms with van der Waals surface area (Å²) in [5.74, 6) is -5.55. The minimum Gasteiger partial charge on any atom is -0.352 e. The van der Waals surface area contributed by atoms with Crippen LogP contribution < -0.4 is 16.4 Å². The molecule has 150 valence electrons. The van der Waals surface area contributed by atoms with Crippen molar-refractivity contribution in [2.45, 2.75) is 32.6 Å². The maximum atomic E-state index is 13.6. The van der Waals surface area contributed by atoms with E-state index >= 15 is 0 Å². The van der Waals surface area contributed by atoms with Crippen LogP contribution in [0.25, 0.3) is 0 Å². The summed E-state index contributed by atoms with van der Waals surface area (Å²) in [6.45, 7) is 2.13. The lowest BCUT2D eigenvalue weighted by Gasteiger charge is -2.21. The van der Waals surface area contributed by atoms with Crippen LogP contribution in [0.3, 0.4) is 0 Å². The van der Waals surface area contributed by atoms with Crippen LogP contribution in [-0.2, 0) is 9.59 Å². The second-order valence-electron chi connectivity index (χ2n) is 5.83. The molecule has 0 radical (unpaired) electrons. The molecule has 0 spiro atoms. The Morgan fingerprint density at radius 2 is 1.81 bits per heavy atom. The smallest absolute Gasteiger partial charge is 0.312 e. The van der Waals surface area contributed by atoms with Gasteiger partial charge in [0.2, 0.25) is 11.8 Å². The number of unbranched alkanes of at least 4 members (excludes halogenated alkanes) is 1. The summed E-state index contributed by atoms with van der Waals surface area (Å²) in [6, 6.07) is 0.960. The maximum Gasteiger partial charge on any atom is 0.312 e. The van der Waals surface area contributed by atoms with E-state index in [0.29, 0.717) is 38.4 Å². The zero-order valence-corrected chi connectivity index (χ0v) is 15.0. The quantitative estimate of drug-likeness (QED) is 0.422. The molecule has 1 aromatic carbocycles. The van der Waals surface area contributed by atoms with Gasteiger partial charge in [-0.25, -0.2) is 18.0 Å². The van der Waals surface area contributed by atoms with Crippen molar-refractivity contribution in [3.05, 3.63) is 29.6 Å². The molecule has 0 aliphatic heterocycles. The fourth-order valence-electron chi connectivity index (χ4n) is 2.32. The van der Waals surface area contributed by atoms with Gasteiger partial charge in [-0.1, -0.05) is 6.92 Å². The lowest BCUT2D eigenvalue weighted by atomic mass is 10.2. The number of nitrogens with two attached hydrogens (primary N) is 1. The fraction of sp³-hybridized carbons (Fsp3) is 0.471. The van der Waals surface area contributed by atoms with Gasteiger partial charge in [-0.2, -0.15) is 0 Å². The van der Waals surface area contributed by atoms with Crippen molar-refractivity contribution < 1.29 is 27.6 Å². The standard InChI is InChI=1S/C17H23F3N4O3/c1-2-9-24(14(26)5-3-4-8-22-17(21)27)10-13(25)23-12-7-6-11(18)15(19)16(12)20/h6-7H,2-5,8-10H2,1H3,(H,23,25)(H3,21,22,27). The van der Waals surface area contributed by atoms with Crippen molar-refractivity contribution in [2.24, 2.45) is 5.73 Å². The number of hydrogen-bond donors (Lipinski definition) is 3. The van der Waals surface area contributed by atoms with Crippen LogP contribution in [0.2, 0.25) is 0 Å². The minimum atomic E-state index is -1.68. The van der Waals surface area contributed by atoms with Gasteiger partial charge in [-0.15, -0.1) is 0 Å². The molecule has 0 saturated carbocycles. The van der Waals surface area contributed by atoms with Crippen molar-refractivity contribution in [3.63, 3.8) is 0 Å². The number of nitrogens with one attached hydrogen (secondary N) is 2. The molecule has 0 saturated heterocycles. The van der Waals surface area contributed by atoms with E-state index in [2.05, 4.69) is 10.6 Å². The number of nitrogens with zero attached hydrogens (tertiary/aromatic N) is 1. The van der Waals surface area contributed by atoms with E-state index in [0.717, 1.165) is 6.07 Å². The number of primary amides is 1. The first-order valence-electron chi connectivity index (χ1n) is 8.50. The normalized spacial score (nSPS) is 10.4. The molecule has 0 aliphatic rings. The predicted octanol–water partition coefficient (Wildman–Crippen LogP) is 2.12. The Kier molecular flexibility index (Phi) is 9.11. The highest BCUT2D eigenvalue weighted by molar-refractivity contribution is 5.94. The summed E-state index contributed by atoms with van der Waals surface area (Å²) in [5.41, 5.74) is 4.43. The molecule has 0 bridgehead atoms. The number of anilines is 1. The van der Waals surface area contributed by atoms with Gasteiger partial charge in [0.15, 0.2) is 17.5 Å². The highest BCUT2D eigenvalue weighted by Gasteiger charge is 2.19. The van der Waals surface area contributed by atoms with Crippen LogP contribution in [0.15, 0.2) is 12.1 Å². The fourth-order valence-corrected chi connectivity index (χ4v) is 2.32. The zero-order valence-electron chi connectivity index (χ0n) is 15.0. The van der Waals surface area contributed by atoms with Gasteiger partial charge < -0.3 is 21.3 Å². The zero-order chi connectivity index (χ0) is 20.4. The van der Waals surface area contributed by atoms with E-state index in [-0.39, 0.29) is 18.9 Å². The number of benzene rings is 1. The first-order chi connectivity index (χ1) is 12.8. The topological polar surface area (TPSA) is 105 Å². The molecule has 7 nitrogen and oxygen atoms in total. The van der Waals surface area contributed by atoms with E-state index in [1.54, 1.807) is 0 Å². The predicted molar refractivity (Wildman–Crippen MR) is 93.3 cm³/mol. The lowest BCUT2D eigenvalue weighted by Crippen LogP contribution is -2.38. The number of carbonyl (C=O) groups excluding carboxylic acids is 3. The Balaban J connectivity index is 2.57. The van der Waals surface area contributed by atoms with Crippen molar-refractivity contribution in [3.8, 4) is 0 Å². The summed E-state index contributed by atoms with van der Waals surface area (Å²) >= 11 is 0. The van der Waals surface area contributed by atoms with Gasteiger partial charge in [0.25, 0.3) is 0 Å². The van der Waals surface area contributed by atoms with Gasteiger partial charge >= 0.3 is 6.03 Å². The van der Waals surface area contributed by atoms with Gasteiger partial charge in [0, 0.05) is 19.5 Å². The molecule has 0 heterocycles. The molecule has 0 aromatic heterocycles. The first kappa shape index (κ1) is 22.3. The van der Waals surface area contributed by atoms with Crippen molar-refractivity contribution in [1.29, 1.82) is 0 Å². The molecule has 0 unspecified atom stereocenters. The summed E-state index contributed by atoms with van der Waals surface area (Å²) in [4.78, 5) is 36.1. The average molecular weight is 388 g/mol. The molecule has 4 N–H and O–H groups in total. The van der Waals surface area contributed by atoms with Crippen molar-refractivity contribution >= 4 is 23.5 Å². The molecule has 4 amide bonds. The third kappa shape index (κ3) is 7.55. The van der Waals surface area contributed by atoms with E-state index < -0.39 is 35.1 Å². The molecule has 1 aromatic rings. The summed E-state index contributed by atoms with van der Waals surface area (Å²) in [6.07, 6.45) is 1.79. The highest BCUT2D eigenvalue weighted by atomic mass is 19.2. The number of amides is 4. The third-order valence-electron chi connectivity index (χ3n) is 3.61. The van der Waals surface area contributed by atoms with E-state index in [9.17, 15) is 27.6 Å². The molecular formula is C17H23F3N4O3. The van der Waals surface area contributed by atoms with Crippen LogP contribution in [0.5, 0.6) is 0 Å². The Morgan fingerprint density at radius 3 is 2.44 bits per heavy atom. The number of hydrogen-bond acceptors (Lipinski definition) is 3. The Morgan fingerprint density at radius 1 is 1.11 bits per heavy atom. The van der Waals surface area contributed by atoms with Gasteiger partial charge in [-0.05, 0) is 31.4 Å². The molecule has 10 heteroatoms. The monoisotopic (exact) mass is 388 g/mol. The second-order valence-corrected chi connectivity index (χ2v) is 5.83. The largest absolute Gasteiger partial charge is 0.352 e. The maximum absolute atomic E-state index is 13.6. The SMILES string of the molecule is CCCN(CC(=O)Nc1ccc(F)c(F)c1F)C(=O)CCCCNC(N)=O. The summed E-state index contributed by atoms with van der Waals surface area (Å²) in [7, 11) is 0. The van der Waals surface area contributed by atoms with Crippen LogP contribution in [0, 0.1) is 17.5 Å². The third-order valence-corrected chi connectivity index (χ3v) is 3.61. The average Bonchev–Trinajstić information content (AvgIpc) is 2.61. The first-order valence-corrected chi connectivity index (χ1v) is 8.50. The van der Waals surface area contributed by atoms with Crippen molar-refractivity contribution in [1.82, 2.24) is 10.2 Å². The Bertz CT molecular complexity index is 686. The lowest BCUT2D eigenvalue weighted by molar-refractivity contribution is -0.134. The molecule has 0 aliphatic carbocycles. The van der Waals surface area contributed by atoms with Crippen LogP contribution in [-0.4, -0.2) is 42.4 Å². The van der Waals surface area contributed by atoms with E-state index in [1.165, 1.54) is 4.90 Å².